The van der Waals surface area contributed by atoms with Gasteiger partial charge in [0.1, 0.15) is 22.0 Å². The first-order valence-electron chi connectivity index (χ1n) is 6.80. The van der Waals surface area contributed by atoms with Gasteiger partial charge in [0.25, 0.3) is 0 Å². The van der Waals surface area contributed by atoms with Gasteiger partial charge in [-0.1, -0.05) is 13.3 Å². The van der Waals surface area contributed by atoms with E-state index in [0.29, 0.717) is 13.0 Å². The smallest absolute Gasteiger partial charge is 0.150 e. The van der Waals surface area contributed by atoms with Gasteiger partial charge < -0.3 is 5.32 Å². The topological polar surface area (TPSA) is 76.9 Å². The van der Waals surface area contributed by atoms with Crippen LogP contribution in [0.3, 0.4) is 0 Å². The van der Waals surface area contributed by atoms with E-state index >= 15 is 0 Å². The maximum Gasteiger partial charge on any atom is 0.150 e. The van der Waals surface area contributed by atoms with Gasteiger partial charge in [-0.15, -0.1) is 0 Å². The first-order chi connectivity index (χ1) is 9.02. The molecule has 1 saturated carbocycles. The molecule has 1 fully saturated rings. The van der Waals surface area contributed by atoms with Crippen LogP contribution in [0.1, 0.15) is 44.5 Å². The maximum atomic E-state index is 11.7. The second-order valence-electron chi connectivity index (χ2n) is 5.17. The number of hydrogen-bond acceptors (Lipinski definition) is 5. The van der Waals surface area contributed by atoms with Crippen LogP contribution in [0.2, 0.25) is 0 Å². The Morgan fingerprint density at radius 3 is 2.95 bits per heavy atom. The van der Waals surface area contributed by atoms with Crippen LogP contribution in [0.15, 0.2) is 6.33 Å². The predicted molar refractivity (Wildman–Crippen MR) is 73.5 cm³/mol. The van der Waals surface area contributed by atoms with E-state index in [-0.39, 0.29) is 11.3 Å². The summed E-state index contributed by atoms with van der Waals surface area (Å²) in [7, 11) is -2.96. The Morgan fingerprint density at radius 2 is 2.26 bits per heavy atom. The van der Waals surface area contributed by atoms with Crippen molar-refractivity contribution in [3.63, 3.8) is 0 Å². The van der Waals surface area contributed by atoms with E-state index in [2.05, 4.69) is 15.4 Å². The number of nitrogens with zero attached hydrogens (tertiary/aromatic N) is 3. The molecule has 6 nitrogen and oxygen atoms in total. The van der Waals surface area contributed by atoms with Crippen molar-refractivity contribution in [3.05, 3.63) is 12.2 Å². The van der Waals surface area contributed by atoms with Crippen molar-refractivity contribution in [2.75, 3.05) is 12.8 Å². The van der Waals surface area contributed by atoms with E-state index in [9.17, 15) is 8.42 Å². The first-order valence-corrected chi connectivity index (χ1v) is 8.75. The van der Waals surface area contributed by atoms with Gasteiger partial charge in [0.15, 0.2) is 0 Å². The van der Waals surface area contributed by atoms with Gasteiger partial charge in [-0.3, -0.25) is 0 Å². The van der Waals surface area contributed by atoms with Crippen molar-refractivity contribution < 1.29 is 8.42 Å². The third-order valence-corrected chi connectivity index (χ3v) is 5.37. The summed E-state index contributed by atoms with van der Waals surface area (Å²) < 4.78 is 25.3. The molecule has 1 aliphatic rings. The van der Waals surface area contributed by atoms with Crippen molar-refractivity contribution in [3.8, 4) is 0 Å². The Bertz CT molecular complexity index is 512. The summed E-state index contributed by atoms with van der Waals surface area (Å²) >= 11 is 0. The zero-order valence-electron chi connectivity index (χ0n) is 11.5. The Labute approximate surface area is 114 Å². The standard InChI is InChI=1S/C12H22N4O2S/c1-3-13-8-12-14-9-15-16(12)10-5-4-6-11(7-10)19(2,17)18/h9-11,13H,3-8H2,1-2H3. The SMILES string of the molecule is CCNCc1ncnn1C1CCCC(S(C)(=O)=O)C1. The average Bonchev–Trinajstić information content (AvgIpc) is 2.83. The molecule has 1 N–H and O–H groups in total. The molecule has 0 bridgehead atoms. The fourth-order valence-electron chi connectivity index (χ4n) is 2.67. The average molecular weight is 286 g/mol. The second kappa shape index (κ2) is 6.00. The Morgan fingerprint density at radius 1 is 1.47 bits per heavy atom. The van der Waals surface area contributed by atoms with Crippen molar-refractivity contribution in [2.45, 2.75) is 50.4 Å². The molecule has 2 atom stereocenters. The highest BCUT2D eigenvalue weighted by Gasteiger charge is 2.30. The fraction of sp³-hybridized carbons (Fsp3) is 0.833. The molecule has 0 spiro atoms. The number of aromatic nitrogens is 3. The molecule has 7 heteroatoms. The minimum atomic E-state index is -2.96. The first kappa shape index (κ1) is 14.5. The van der Waals surface area contributed by atoms with Crippen LogP contribution in [-0.4, -0.2) is 41.2 Å². The molecule has 1 aromatic heterocycles. The van der Waals surface area contributed by atoms with Crippen molar-refractivity contribution >= 4 is 9.84 Å². The molecule has 2 unspecified atom stereocenters. The van der Waals surface area contributed by atoms with E-state index in [0.717, 1.165) is 31.6 Å². The van der Waals surface area contributed by atoms with Gasteiger partial charge in [-0.05, 0) is 25.8 Å². The molecule has 2 rings (SSSR count). The summed E-state index contributed by atoms with van der Waals surface area (Å²) in [5.41, 5.74) is 0. The van der Waals surface area contributed by atoms with Gasteiger partial charge in [0, 0.05) is 6.26 Å². The monoisotopic (exact) mass is 286 g/mol. The molecule has 0 saturated heterocycles. The van der Waals surface area contributed by atoms with Gasteiger partial charge in [-0.2, -0.15) is 5.10 Å². The minimum Gasteiger partial charge on any atom is -0.310 e. The molecule has 19 heavy (non-hydrogen) atoms. The number of rotatable bonds is 5. The van der Waals surface area contributed by atoms with Crippen LogP contribution < -0.4 is 5.32 Å². The van der Waals surface area contributed by atoms with Crippen molar-refractivity contribution in [1.82, 2.24) is 20.1 Å². The molecular weight excluding hydrogens is 264 g/mol. The van der Waals surface area contributed by atoms with Crippen LogP contribution in [0.25, 0.3) is 0 Å². The second-order valence-corrected chi connectivity index (χ2v) is 7.50. The fourth-order valence-corrected chi connectivity index (χ4v) is 3.84. The quantitative estimate of drug-likeness (QED) is 0.871. The Balaban J connectivity index is 2.11. The number of hydrogen-bond donors (Lipinski definition) is 1. The number of nitrogens with one attached hydrogen (secondary N) is 1. The summed E-state index contributed by atoms with van der Waals surface area (Å²) in [6, 6.07) is 0.157. The molecule has 0 radical (unpaired) electrons. The highest BCUT2D eigenvalue weighted by molar-refractivity contribution is 7.91. The lowest BCUT2D eigenvalue weighted by Gasteiger charge is -2.28. The lowest BCUT2D eigenvalue weighted by molar-refractivity contribution is 0.319. The summed E-state index contributed by atoms with van der Waals surface area (Å²) in [5, 5.41) is 7.28. The van der Waals surface area contributed by atoms with Crippen LogP contribution >= 0.6 is 0 Å². The molecule has 0 amide bonds. The summed E-state index contributed by atoms with van der Waals surface area (Å²) in [4.78, 5) is 4.26. The van der Waals surface area contributed by atoms with E-state index < -0.39 is 9.84 Å². The van der Waals surface area contributed by atoms with E-state index in [1.807, 2.05) is 11.6 Å². The zero-order chi connectivity index (χ0) is 13.9. The van der Waals surface area contributed by atoms with Gasteiger partial charge in [-0.25, -0.2) is 18.1 Å². The molecule has 108 valence electrons. The predicted octanol–water partition coefficient (Wildman–Crippen LogP) is 0.916. The normalized spacial score (nSPS) is 24.5. The van der Waals surface area contributed by atoms with Crippen molar-refractivity contribution in [2.24, 2.45) is 0 Å². The molecular formula is C12H22N4O2S. The third-order valence-electron chi connectivity index (χ3n) is 3.73. The summed E-state index contributed by atoms with van der Waals surface area (Å²) in [6.45, 7) is 3.60. The Hall–Kier alpha value is -0.950. The zero-order valence-corrected chi connectivity index (χ0v) is 12.4. The van der Waals surface area contributed by atoms with Crippen molar-refractivity contribution in [1.29, 1.82) is 0 Å². The van der Waals surface area contributed by atoms with E-state index in [1.165, 1.54) is 6.26 Å². The van der Waals surface area contributed by atoms with E-state index in [4.69, 9.17) is 0 Å². The maximum absolute atomic E-state index is 11.7. The van der Waals surface area contributed by atoms with Gasteiger partial charge in [0.05, 0.1) is 17.8 Å². The molecule has 1 aliphatic carbocycles. The largest absolute Gasteiger partial charge is 0.310 e. The van der Waals surface area contributed by atoms with Crippen LogP contribution in [0, 0.1) is 0 Å². The highest BCUT2D eigenvalue weighted by atomic mass is 32.2. The van der Waals surface area contributed by atoms with Gasteiger partial charge in [0.2, 0.25) is 0 Å². The highest BCUT2D eigenvalue weighted by Crippen LogP contribution is 2.31. The van der Waals surface area contributed by atoms with Crippen LogP contribution in [0.4, 0.5) is 0 Å². The summed E-state index contributed by atoms with van der Waals surface area (Å²) in [6.07, 6.45) is 6.23. The van der Waals surface area contributed by atoms with Gasteiger partial charge >= 0.3 is 0 Å². The number of sulfone groups is 1. The molecule has 0 aliphatic heterocycles. The molecule has 1 heterocycles. The lowest BCUT2D eigenvalue weighted by atomic mass is 9.95. The van der Waals surface area contributed by atoms with E-state index in [1.54, 1.807) is 6.33 Å². The lowest BCUT2D eigenvalue weighted by Crippen LogP contribution is -2.30. The summed E-state index contributed by atoms with van der Waals surface area (Å²) in [5.74, 6) is 0.890. The van der Waals surface area contributed by atoms with Crippen LogP contribution in [0.5, 0.6) is 0 Å². The minimum absolute atomic E-state index is 0.157. The third kappa shape index (κ3) is 3.54. The molecule has 0 aromatic carbocycles. The van der Waals surface area contributed by atoms with Crippen LogP contribution in [-0.2, 0) is 16.4 Å². The Kier molecular flexibility index (Phi) is 4.57. The molecule has 1 aromatic rings.